The quantitative estimate of drug-likeness (QED) is 0.737. The Morgan fingerprint density at radius 2 is 1.81 bits per heavy atom. The van der Waals surface area contributed by atoms with Crippen LogP contribution in [0.2, 0.25) is 0 Å². The summed E-state index contributed by atoms with van der Waals surface area (Å²) >= 11 is 0. The van der Waals surface area contributed by atoms with Gasteiger partial charge in [0.2, 0.25) is 0 Å². The average molecular weight is 437 g/mol. The van der Waals surface area contributed by atoms with Gasteiger partial charge >= 0.3 is 0 Å². The first kappa shape index (κ1) is 22.7. The number of fused-ring (bicyclic) bond motifs is 1. The Balaban J connectivity index is 1.33. The van der Waals surface area contributed by atoms with Crippen LogP contribution in [0.5, 0.6) is 11.5 Å². The van der Waals surface area contributed by atoms with Gasteiger partial charge in [0.05, 0.1) is 0 Å². The number of phenolic OH excluding ortho intramolecular Hbond substituents is 1. The number of amides is 1. The second kappa shape index (κ2) is 9.14. The van der Waals surface area contributed by atoms with Gasteiger partial charge in [0.15, 0.2) is 5.60 Å². The van der Waals surface area contributed by atoms with Gasteiger partial charge in [-0.15, -0.1) is 0 Å². The van der Waals surface area contributed by atoms with Gasteiger partial charge in [0.1, 0.15) is 11.5 Å². The highest BCUT2D eigenvalue weighted by molar-refractivity contribution is 5.86. The monoisotopic (exact) mass is 436 g/mol. The molecule has 5 heteroatoms. The fourth-order valence-corrected chi connectivity index (χ4v) is 4.98. The van der Waals surface area contributed by atoms with Crippen molar-refractivity contribution in [3.05, 3.63) is 58.1 Å². The zero-order valence-corrected chi connectivity index (χ0v) is 19.8. The van der Waals surface area contributed by atoms with Gasteiger partial charge in [-0.3, -0.25) is 4.79 Å². The Hall–Kier alpha value is -2.53. The summed E-state index contributed by atoms with van der Waals surface area (Å²) in [5.74, 6) is 1.10. The summed E-state index contributed by atoms with van der Waals surface area (Å²) in [6.07, 6.45) is 4.36. The minimum atomic E-state index is -0.877. The third kappa shape index (κ3) is 4.49. The van der Waals surface area contributed by atoms with Crippen LogP contribution in [0.15, 0.2) is 30.3 Å². The second-order valence-electron chi connectivity index (χ2n) is 9.69. The largest absolute Gasteiger partial charge is 0.507 e. The molecule has 0 spiro atoms. The molecule has 1 amide bonds. The molecule has 2 N–H and O–H groups in total. The number of rotatable bonds is 5. The van der Waals surface area contributed by atoms with E-state index in [0.717, 1.165) is 73.3 Å². The lowest BCUT2D eigenvalue weighted by Gasteiger charge is -2.39. The SMILES string of the molecule is Cc1c(C)c2c(c(C)c1O)CCC(C)(C(=O)NC1CCN(CCc3ccccc3)CC1)O2. The smallest absolute Gasteiger partial charge is 0.264 e. The fraction of sp³-hybridized carbons (Fsp3) is 0.519. The minimum absolute atomic E-state index is 0.0198. The van der Waals surface area contributed by atoms with Gasteiger partial charge in [-0.05, 0) is 75.6 Å². The van der Waals surface area contributed by atoms with E-state index in [1.165, 1.54) is 5.56 Å². The molecule has 2 aliphatic rings. The number of ether oxygens (including phenoxy) is 1. The Morgan fingerprint density at radius 1 is 1.12 bits per heavy atom. The standard InChI is InChI=1S/C27H36N2O3/c1-18-19(2)25-23(20(3)24(18)30)10-14-27(4,32-25)26(31)28-22-12-16-29(17-13-22)15-11-21-8-6-5-7-9-21/h5-9,22,30H,10-17H2,1-4H3,(H,28,31). The van der Waals surface area contributed by atoms with Crippen molar-refractivity contribution in [2.75, 3.05) is 19.6 Å². The van der Waals surface area contributed by atoms with Crippen molar-refractivity contribution in [1.82, 2.24) is 10.2 Å². The van der Waals surface area contributed by atoms with E-state index in [2.05, 4.69) is 40.5 Å². The number of carbonyl (C=O) groups is 1. The first-order chi connectivity index (χ1) is 15.3. The van der Waals surface area contributed by atoms with Crippen molar-refractivity contribution in [1.29, 1.82) is 0 Å². The van der Waals surface area contributed by atoms with Crippen LogP contribution in [0.3, 0.4) is 0 Å². The Kier molecular flexibility index (Phi) is 6.47. The molecule has 2 aromatic carbocycles. The van der Waals surface area contributed by atoms with Crippen LogP contribution >= 0.6 is 0 Å². The number of nitrogens with one attached hydrogen (secondary N) is 1. The third-order valence-corrected chi connectivity index (χ3v) is 7.48. The van der Waals surface area contributed by atoms with Gasteiger partial charge in [0, 0.05) is 37.7 Å². The molecule has 32 heavy (non-hydrogen) atoms. The van der Waals surface area contributed by atoms with E-state index in [0.29, 0.717) is 12.2 Å². The van der Waals surface area contributed by atoms with Gasteiger partial charge < -0.3 is 20.1 Å². The number of piperidine rings is 1. The number of carbonyl (C=O) groups excluding carboxylic acids is 1. The molecule has 172 valence electrons. The maximum atomic E-state index is 13.2. The Morgan fingerprint density at radius 3 is 2.50 bits per heavy atom. The van der Waals surface area contributed by atoms with Crippen molar-refractivity contribution in [2.45, 2.75) is 71.4 Å². The summed E-state index contributed by atoms with van der Waals surface area (Å²) in [7, 11) is 0. The molecule has 0 radical (unpaired) electrons. The summed E-state index contributed by atoms with van der Waals surface area (Å²) in [6.45, 7) is 10.8. The van der Waals surface area contributed by atoms with Gasteiger partial charge in [-0.1, -0.05) is 30.3 Å². The number of likely N-dealkylation sites (tertiary alicyclic amines) is 1. The van der Waals surface area contributed by atoms with Gasteiger partial charge in [-0.2, -0.15) is 0 Å². The normalized spacial score (nSPS) is 21.6. The molecule has 2 aromatic rings. The molecule has 1 atom stereocenters. The summed E-state index contributed by atoms with van der Waals surface area (Å²) in [5, 5.41) is 13.7. The molecule has 2 heterocycles. The summed E-state index contributed by atoms with van der Waals surface area (Å²) in [6, 6.07) is 10.8. The third-order valence-electron chi connectivity index (χ3n) is 7.48. The lowest BCUT2D eigenvalue weighted by molar-refractivity contribution is -0.138. The molecule has 2 aliphatic heterocycles. The maximum Gasteiger partial charge on any atom is 0.264 e. The Bertz CT molecular complexity index is 980. The van der Waals surface area contributed by atoms with E-state index < -0.39 is 5.60 Å². The summed E-state index contributed by atoms with van der Waals surface area (Å²) in [5.41, 5.74) is 4.15. The van der Waals surface area contributed by atoms with Crippen LogP contribution in [0.25, 0.3) is 0 Å². The van der Waals surface area contributed by atoms with Gasteiger partial charge in [0.25, 0.3) is 5.91 Å². The van der Waals surface area contributed by atoms with E-state index in [-0.39, 0.29) is 11.9 Å². The van der Waals surface area contributed by atoms with Crippen LogP contribution in [0.1, 0.15) is 54.0 Å². The highest BCUT2D eigenvalue weighted by atomic mass is 16.5. The number of phenols is 1. The molecule has 0 bridgehead atoms. The van der Waals surface area contributed by atoms with Crippen molar-refractivity contribution < 1.29 is 14.6 Å². The molecule has 4 rings (SSSR count). The van der Waals surface area contributed by atoms with E-state index in [4.69, 9.17) is 4.74 Å². The number of benzene rings is 2. The average Bonchev–Trinajstić information content (AvgIpc) is 2.81. The van der Waals surface area contributed by atoms with Crippen molar-refractivity contribution in [3.8, 4) is 11.5 Å². The van der Waals surface area contributed by atoms with E-state index in [1.807, 2.05) is 27.7 Å². The predicted molar refractivity (Wildman–Crippen MR) is 127 cm³/mol. The van der Waals surface area contributed by atoms with Crippen molar-refractivity contribution in [3.63, 3.8) is 0 Å². The Labute approximate surface area is 191 Å². The number of hydrogen-bond donors (Lipinski definition) is 2. The number of nitrogens with zero attached hydrogens (tertiary/aromatic N) is 1. The van der Waals surface area contributed by atoms with E-state index in [1.54, 1.807) is 0 Å². The van der Waals surface area contributed by atoms with Crippen molar-refractivity contribution >= 4 is 5.91 Å². The van der Waals surface area contributed by atoms with Crippen LogP contribution in [-0.4, -0.2) is 47.2 Å². The maximum absolute atomic E-state index is 13.2. The highest BCUT2D eigenvalue weighted by Crippen LogP contribution is 2.43. The van der Waals surface area contributed by atoms with Crippen LogP contribution in [-0.2, 0) is 17.6 Å². The fourth-order valence-electron chi connectivity index (χ4n) is 4.98. The first-order valence-electron chi connectivity index (χ1n) is 11.9. The molecule has 0 aromatic heterocycles. The first-order valence-corrected chi connectivity index (χ1v) is 11.9. The molecular formula is C27H36N2O3. The van der Waals surface area contributed by atoms with Crippen molar-refractivity contribution in [2.24, 2.45) is 0 Å². The molecule has 1 fully saturated rings. The minimum Gasteiger partial charge on any atom is -0.507 e. The lowest BCUT2D eigenvalue weighted by atomic mass is 9.86. The number of hydrogen-bond acceptors (Lipinski definition) is 4. The van der Waals surface area contributed by atoms with E-state index in [9.17, 15) is 9.90 Å². The zero-order valence-electron chi connectivity index (χ0n) is 19.8. The van der Waals surface area contributed by atoms with E-state index >= 15 is 0 Å². The van der Waals surface area contributed by atoms with Gasteiger partial charge in [-0.25, -0.2) is 0 Å². The topological polar surface area (TPSA) is 61.8 Å². The summed E-state index contributed by atoms with van der Waals surface area (Å²) < 4.78 is 6.35. The number of aromatic hydroxyl groups is 1. The zero-order chi connectivity index (χ0) is 22.9. The summed E-state index contributed by atoms with van der Waals surface area (Å²) in [4.78, 5) is 15.7. The van der Waals surface area contributed by atoms with Crippen LogP contribution < -0.4 is 10.1 Å². The molecule has 1 saturated heterocycles. The predicted octanol–water partition coefficient (Wildman–Crippen LogP) is 4.22. The molecule has 0 aliphatic carbocycles. The molecular weight excluding hydrogens is 400 g/mol. The lowest BCUT2D eigenvalue weighted by Crippen LogP contribution is -2.55. The molecule has 5 nitrogen and oxygen atoms in total. The second-order valence-corrected chi connectivity index (χ2v) is 9.69. The highest BCUT2D eigenvalue weighted by Gasteiger charge is 2.41. The molecule has 0 saturated carbocycles. The van der Waals surface area contributed by atoms with Crippen LogP contribution in [0.4, 0.5) is 0 Å². The van der Waals surface area contributed by atoms with Crippen LogP contribution in [0, 0.1) is 20.8 Å². The molecule has 1 unspecified atom stereocenters.